The maximum absolute atomic E-state index is 12.4. The van der Waals surface area contributed by atoms with Crippen molar-refractivity contribution in [3.63, 3.8) is 0 Å². The fourth-order valence-corrected chi connectivity index (χ4v) is 0.842. The van der Waals surface area contributed by atoms with Crippen LogP contribution in [0.5, 0.6) is 0 Å². The van der Waals surface area contributed by atoms with Crippen molar-refractivity contribution in [2.24, 2.45) is 5.92 Å². The number of hydrogen-bond donors (Lipinski definition) is 1. The average molecular weight is 205 g/mol. The minimum atomic E-state index is -0.573. The molecule has 4 heteroatoms. The van der Waals surface area contributed by atoms with Gasteiger partial charge in [-0.2, -0.15) is 0 Å². The molecule has 14 heavy (non-hydrogen) atoms. The molecule has 1 N–H and O–H groups in total. The van der Waals surface area contributed by atoms with Crippen LogP contribution in [-0.4, -0.2) is 24.4 Å². The van der Waals surface area contributed by atoms with E-state index in [4.69, 9.17) is 4.74 Å². The van der Waals surface area contributed by atoms with Gasteiger partial charge in [0, 0.05) is 0 Å². The first-order chi connectivity index (χ1) is 6.26. The van der Waals surface area contributed by atoms with Crippen molar-refractivity contribution in [2.45, 2.75) is 46.3 Å². The smallest absolute Gasteiger partial charge is 0.407 e. The van der Waals surface area contributed by atoms with Gasteiger partial charge < -0.3 is 10.1 Å². The molecule has 0 aromatic rings. The molecule has 0 radical (unpaired) electrons. The summed E-state index contributed by atoms with van der Waals surface area (Å²) in [5.41, 5.74) is -0.540. The highest BCUT2D eigenvalue weighted by Gasteiger charge is 2.20. The lowest BCUT2D eigenvalue weighted by Gasteiger charge is -2.23. The number of hydrogen-bond acceptors (Lipinski definition) is 2. The number of rotatable bonds is 3. The zero-order valence-corrected chi connectivity index (χ0v) is 9.56. The molecule has 84 valence electrons. The molecule has 0 saturated heterocycles. The lowest BCUT2D eigenvalue weighted by atomic mass is 10.1. The standard InChI is InChI=1S/C10H20FNO2/c1-7(2)8(6-11)12-9(13)14-10(3,4)5/h7-8H,6H2,1-5H3,(H,12,13)/t8-/m0/s1. The second-order valence-corrected chi connectivity index (χ2v) is 4.65. The van der Waals surface area contributed by atoms with Crippen LogP contribution in [0.2, 0.25) is 0 Å². The number of ether oxygens (including phenoxy) is 1. The largest absolute Gasteiger partial charge is 0.444 e. The molecule has 0 aliphatic rings. The van der Waals surface area contributed by atoms with Gasteiger partial charge >= 0.3 is 6.09 Å². The van der Waals surface area contributed by atoms with Gasteiger partial charge in [-0.1, -0.05) is 13.8 Å². The van der Waals surface area contributed by atoms with E-state index in [-0.39, 0.29) is 5.92 Å². The molecule has 0 aliphatic heterocycles. The highest BCUT2D eigenvalue weighted by molar-refractivity contribution is 5.68. The van der Waals surface area contributed by atoms with Crippen LogP contribution in [0.15, 0.2) is 0 Å². The molecule has 0 unspecified atom stereocenters. The van der Waals surface area contributed by atoms with Crippen LogP contribution in [0.1, 0.15) is 34.6 Å². The Morgan fingerprint density at radius 2 is 1.93 bits per heavy atom. The van der Waals surface area contributed by atoms with E-state index in [2.05, 4.69) is 5.32 Å². The van der Waals surface area contributed by atoms with Crippen molar-refractivity contribution in [2.75, 3.05) is 6.67 Å². The van der Waals surface area contributed by atoms with E-state index in [0.29, 0.717) is 0 Å². The Kier molecular flexibility index (Phi) is 4.88. The number of nitrogens with one attached hydrogen (secondary N) is 1. The first-order valence-corrected chi connectivity index (χ1v) is 4.81. The van der Waals surface area contributed by atoms with Gasteiger partial charge in [-0.3, -0.25) is 0 Å². The van der Waals surface area contributed by atoms with Gasteiger partial charge in [0.2, 0.25) is 0 Å². The summed E-state index contributed by atoms with van der Waals surface area (Å²) in [5.74, 6) is 0.0625. The van der Waals surface area contributed by atoms with Crippen molar-refractivity contribution in [1.82, 2.24) is 5.32 Å². The summed E-state index contributed by atoms with van der Waals surface area (Å²) in [5, 5.41) is 2.49. The van der Waals surface area contributed by atoms with E-state index in [1.54, 1.807) is 20.8 Å². The number of amides is 1. The normalized spacial score (nSPS) is 13.9. The van der Waals surface area contributed by atoms with Crippen LogP contribution in [-0.2, 0) is 4.74 Å². The topological polar surface area (TPSA) is 38.3 Å². The summed E-state index contributed by atoms with van der Waals surface area (Å²) in [7, 11) is 0. The minimum Gasteiger partial charge on any atom is -0.444 e. The Bertz CT molecular complexity index is 187. The predicted molar refractivity (Wildman–Crippen MR) is 54.0 cm³/mol. The summed E-state index contributed by atoms with van der Waals surface area (Å²) in [6, 6.07) is -0.468. The summed E-state index contributed by atoms with van der Waals surface area (Å²) < 4.78 is 17.4. The van der Waals surface area contributed by atoms with Gasteiger partial charge in [-0.25, -0.2) is 9.18 Å². The zero-order valence-electron chi connectivity index (χ0n) is 9.56. The lowest BCUT2D eigenvalue weighted by molar-refractivity contribution is 0.0480. The fraction of sp³-hybridized carbons (Fsp3) is 0.900. The van der Waals surface area contributed by atoms with E-state index in [1.807, 2.05) is 13.8 Å². The molecule has 0 aromatic heterocycles. The van der Waals surface area contributed by atoms with Gasteiger partial charge in [0.25, 0.3) is 0 Å². The zero-order chi connectivity index (χ0) is 11.4. The Morgan fingerprint density at radius 3 is 2.21 bits per heavy atom. The van der Waals surface area contributed by atoms with Crippen molar-refractivity contribution in [1.29, 1.82) is 0 Å². The average Bonchev–Trinajstić information content (AvgIpc) is 1.96. The molecule has 1 atom stereocenters. The third-order valence-corrected chi connectivity index (χ3v) is 1.67. The Labute approximate surface area is 85.0 Å². The summed E-state index contributed by atoms with van der Waals surface area (Å²) >= 11 is 0. The number of halogens is 1. The maximum Gasteiger partial charge on any atom is 0.407 e. The summed E-state index contributed by atoms with van der Waals surface area (Å²) in [4.78, 5) is 11.2. The SMILES string of the molecule is CC(C)[C@H](CF)NC(=O)OC(C)(C)C. The van der Waals surface area contributed by atoms with Crippen LogP contribution in [0.3, 0.4) is 0 Å². The quantitative estimate of drug-likeness (QED) is 0.768. The molecule has 0 bridgehead atoms. The first kappa shape index (κ1) is 13.2. The molecule has 1 amide bonds. The summed E-state index contributed by atoms with van der Waals surface area (Å²) in [6.07, 6.45) is -0.561. The molecule has 0 saturated carbocycles. The number of carbonyl (C=O) groups excluding carboxylic acids is 1. The summed E-state index contributed by atoms with van der Waals surface area (Å²) in [6.45, 7) is 8.44. The van der Waals surface area contributed by atoms with Gasteiger partial charge in [-0.05, 0) is 26.7 Å². The first-order valence-electron chi connectivity index (χ1n) is 4.81. The van der Waals surface area contributed by atoms with Gasteiger partial charge in [-0.15, -0.1) is 0 Å². The van der Waals surface area contributed by atoms with Crippen molar-refractivity contribution in [3.8, 4) is 0 Å². The third kappa shape index (κ3) is 5.78. The predicted octanol–water partition coefficient (Wildman–Crippen LogP) is 2.51. The van der Waals surface area contributed by atoms with Crippen LogP contribution in [0.25, 0.3) is 0 Å². The lowest BCUT2D eigenvalue weighted by Crippen LogP contribution is -2.42. The molecule has 0 aliphatic carbocycles. The third-order valence-electron chi connectivity index (χ3n) is 1.67. The highest BCUT2D eigenvalue weighted by atomic mass is 19.1. The second kappa shape index (κ2) is 5.17. The highest BCUT2D eigenvalue weighted by Crippen LogP contribution is 2.08. The minimum absolute atomic E-state index is 0.0625. The molecule has 0 aromatic carbocycles. The molecule has 0 rings (SSSR count). The number of carbonyl (C=O) groups is 1. The van der Waals surface area contributed by atoms with E-state index in [0.717, 1.165) is 0 Å². The van der Waals surface area contributed by atoms with E-state index in [9.17, 15) is 9.18 Å². The van der Waals surface area contributed by atoms with Crippen LogP contribution < -0.4 is 5.32 Å². The Morgan fingerprint density at radius 1 is 1.43 bits per heavy atom. The van der Waals surface area contributed by atoms with Crippen LogP contribution in [0.4, 0.5) is 9.18 Å². The van der Waals surface area contributed by atoms with E-state index >= 15 is 0 Å². The van der Waals surface area contributed by atoms with Crippen molar-refractivity contribution < 1.29 is 13.9 Å². The molecule has 3 nitrogen and oxygen atoms in total. The van der Waals surface area contributed by atoms with Gasteiger partial charge in [0.15, 0.2) is 0 Å². The number of alkyl halides is 1. The molecular weight excluding hydrogens is 185 g/mol. The number of alkyl carbamates (subject to hydrolysis) is 1. The van der Waals surface area contributed by atoms with Gasteiger partial charge in [0.1, 0.15) is 12.3 Å². The second-order valence-electron chi connectivity index (χ2n) is 4.65. The fourth-order valence-electron chi connectivity index (χ4n) is 0.842. The molecular formula is C10H20FNO2. The van der Waals surface area contributed by atoms with Crippen LogP contribution >= 0.6 is 0 Å². The molecule has 0 fully saturated rings. The van der Waals surface area contributed by atoms with Crippen molar-refractivity contribution >= 4 is 6.09 Å². The van der Waals surface area contributed by atoms with E-state index in [1.165, 1.54) is 0 Å². The van der Waals surface area contributed by atoms with E-state index < -0.39 is 24.4 Å². The Balaban J connectivity index is 4.04. The van der Waals surface area contributed by atoms with Gasteiger partial charge in [0.05, 0.1) is 6.04 Å². The van der Waals surface area contributed by atoms with Crippen molar-refractivity contribution in [3.05, 3.63) is 0 Å². The molecule has 0 heterocycles. The molecule has 0 spiro atoms. The monoisotopic (exact) mass is 205 g/mol. The maximum atomic E-state index is 12.4. The Hall–Kier alpha value is -0.800. The van der Waals surface area contributed by atoms with Crippen LogP contribution in [0, 0.1) is 5.92 Å².